The molecule has 0 fully saturated rings. The topological polar surface area (TPSA) is 29.1 Å². The third-order valence-electron chi connectivity index (χ3n) is 4.05. The first-order chi connectivity index (χ1) is 9.32. The van der Waals surface area contributed by atoms with Gasteiger partial charge in [0.1, 0.15) is 0 Å². The number of amides is 1. The van der Waals surface area contributed by atoms with Gasteiger partial charge in [-0.1, -0.05) is 53.7 Å². The number of carbonyl (C=O) groups is 1. The van der Waals surface area contributed by atoms with Crippen LogP contribution in [-0.4, -0.2) is 12.5 Å². The van der Waals surface area contributed by atoms with Crippen LogP contribution >= 0.6 is 0 Å². The number of nitrogens with one attached hydrogen (secondary N) is 1. The van der Waals surface area contributed by atoms with Crippen LogP contribution in [0.5, 0.6) is 0 Å². The van der Waals surface area contributed by atoms with Gasteiger partial charge in [-0.05, 0) is 41.4 Å². The van der Waals surface area contributed by atoms with Crippen molar-refractivity contribution in [2.75, 3.05) is 6.54 Å². The highest BCUT2D eigenvalue weighted by molar-refractivity contribution is 5.94. The quantitative estimate of drug-likeness (QED) is 0.815. The normalized spacial score (nSPS) is 11.7. The molecule has 2 nitrogen and oxygen atoms in total. The summed E-state index contributed by atoms with van der Waals surface area (Å²) in [6.07, 6.45) is 0. The van der Waals surface area contributed by atoms with E-state index in [9.17, 15) is 4.79 Å². The van der Waals surface area contributed by atoms with Gasteiger partial charge in [0.15, 0.2) is 0 Å². The summed E-state index contributed by atoms with van der Waals surface area (Å²) < 4.78 is 0. The minimum Gasteiger partial charge on any atom is -0.352 e. The van der Waals surface area contributed by atoms with Crippen LogP contribution in [0.15, 0.2) is 24.3 Å². The zero-order valence-electron chi connectivity index (χ0n) is 13.7. The summed E-state index contributed by atoms with van der Waals surface area (Å²) in [5, 5.41) is 3.07. The van der Waals surface area contributed by atoms with Crippen LogP contribution in [0, 0.1) is 17.8 Å². The molecule has 0 saturated carbocycles. The maximum Gasteiger partial charge on any atom is 0.251 e. The predicted octanol–water partition coefficient (Wildman–Crippen LogP) is 4.47. The summed E-state index contributed by atoms with van der Waals surface area (Å²) >= 11 is 0. The SMILES string of the molecule is CC(C)c1ccc(C(=O)NCC(C(C)C)C(C)C)cc1. The summed E-state index contributed by atoms with van der Waals surface area (Å²) in [6, 6.07) is 7.93. The van der Waals surface area contributed by atoms with Crippen LogP contribution in [0.4, 0.5) is 0 Å². The molecule has 0 aromatic heterocycles. The lowest BCUT2D eigenvalue weighted by Crippen LogP contribution is -2.33. The van der Waals surface area contributed by atoms with Crippen molar-refractivity contribution in [3.8, 4) is 0 Å². The fourth-order valence-electron chi connectivity index (χ4n) is 2.57. The Kier molecular flexibility index (Phi) is 6.25. The molecular formula is C18H29NO. The van der Waals surface area contributed by atoms with Gasteiger partial charge in [-0.3, -0.25) is 4.79 Å². The number of rotatable bonds is 6. The van der Waals surface area contributed by atoms with Gasteiger partial charge in [-0.2, -0.15) is 0 Å². The molecule has 112 valence electrons. The lowest BCUT2D eigenvalue weighted by molar-refractivity contribution is 0.0937. The van der Waals surface area contributed by atoms with Gasteiger partial charge in [0.25, 0.3) is 5.91 Å². The van der Waals surface area contributed by atoms with E-state index in [1.54, 1.807) is 0 Å². The first kappa shape index (κ1) is 16.7. The first-order valence-electron chi connectivity index (χ1n) is 7.71. The van der Waals surface area contributed by atoms with Crippen molar-refractivity contribution in [3.63, 3.8) is 0 Å². The van der Waals surface area contributed by atoms with E-state index in [4.69, 9.17) is 0 Å². The minimum atomic E-state index is 0.0339. The van der Waals surface area contributed by atoms with E-state index in [2.05, 4.69) is 46.9 Å². The fraction of sp³-hybridized carbons (Fsp3) is 0.611. The zero-order valence-corrected chi connectivity index (χ0v) is 13.7. The largest absolute Gasteiger partial charge is 0.352 e. The molecule has 2 heteroatoms. The molecule has 0 spiro atoms. The van der Waals surface area contributed by atoms with Gasteiger partial charge in [-0.25, -0.2) is 0 Å². The average Bonchev–Trinajstić information content (AvgIpc) is 2.38. The highest BCUT2D eigenvalue weighted by atomic mass is 16.1. The van der Waals surface area contributed by atoms with Gasteiger partial charge >= 0.3 is 0 Å². The molecule has 0 saturated heterocycles. The van der Waals surface area contributed by atoms with Crippen LogP contribution in [0.3, 0.4) is 0 Å². The molecule has 0 unspecified atom stereocenters. The highest BCUT2D eigenvalue weighted by Crippen LogP contribution is 2.20. The molecule has 0 aliphatic rings. The molecule has 0 aliphatic carbocycles. The van der Waals surface area contributed by atoms with Crippen LogP contribution in [0.25, 0.3) is 0 Å². The molecule has 0 atom stereocenters. The van der Waals surface area contributed by atoms with Gasteiger partial charge < -0.3 is 5.32 Å². The summed E-state index contributed by atoms with van der Waals surface area (Å²) in [6.45, 7) is 13.9. The molecule has 1 N–H and O–H groups in total. The van der Waals surface area contributed by atoms with Crippen molar-refractivity contribution < 1.29 is 4.79 Å². The van der Waals surface area contributed by atoms with E-state index in [0.29, 0.717) is 23.7 Å². The van der Waals surface area contributed by atoms with E-state index in [-0.39, 0.29) is 5.91 Å². The Morgan fingerprint density at radius 3 is 1.85 bits per heavy atom. The van der Waals surface area contributed by atoms with Gasteiger partial charge in [0.2, 0.25) is 0 Å². The number of carbonyl (C=O) groups excluding carboxylic acids is 1. The molecule has 1 aromatic rings. The highest BCUT2D eigenvalue weighted by Gasteiger charge is 2.18. The van der Waals surface area contributed by atoms with Crippen molar-refractivity contribution in [3.05, 3.63) is 35.4 Å². The molecule has 0 aliphatic heterocycles. The average molecular weight is 275 g/mol. The second kappa shape index (κ2) is 7.47. The lowest BCUT2D eigenvalue weighted by atomic mass is 9.85. The van der Waals surface area contributed by atoms with E-state index >= 15 is 0 Å². The van der Waals surface area contributed by atoms with E-state index < -0.39 is 0 Å². The number of hydrogen-bond donors (Lipinski definition) is 1. The Bertz CT molecular complexity index is 410. The van der Waals surface area contributed by atoms with Gasteiger partial charge in [0, 0.05) is 12.1 Å². The monoisotopic (exact) mass is 275 g/mol. The van der Waals surface area contributed by atoms with Crippen molar-refractivity contribution >= 4 is 5.91 Å². The van der Waals surface area contributed by atoms with Crippen LogP contribution < -0.4 is 5.32 Å². The second-order valence-electron chi connectivity index (χ2n) is 6.64. The zero-order chi connectivity index (χ0) is 15.3. The van der Waals surface area contributed by atoms with E-state index in [1.807, 2.05) is 24.3 Å². The van der Waals surface area contributed by atoms with Crippen LogP contribution in [-0.2, 0) is 0 Å². The van der Waals surface area contributed by atoms with Crippen molar-refractivity contribution in [2.45, 2.75) is 47.5 Å². The van der Waals surface area contributed by atoms with Gasteiger partial charge in [-0.15, -0.1) is 0 Å². The summed E-state index contributed by atoms with van der Waals surface area (Å²) in [7, 11) is 0. The fourth-order valence-corrected chi connectivity index (χ4v) is 2.57. The Morgan fingerprint density at radius 1 is 0.950 bits per heavy atom. The smallest absolute Gasteiger partial charge is 0.251 e. The van der Waals surface area contributed by atoms with E-state index in [1.165, 1.54) is 5.56 Å². The Morgan fingerprint density at radius 2 is 1.45 bits per heavy atom. The molecule has 0 radical (unpaired) electrons. The Hall–Kier alpha value is -1.31. The third-order valence-corrected chi connectivity index (χ3v) is 4.05. The van der Waals surface area contributed by atoms with Crippen LogP contribution in [0.2, 0.25) is 0 Å². The first-order valence-corrected chi connectivity index (χ1v) is 7.71. The standard InChI is InChI=1S/C18H29NO/c1-12(2)15-7-9-16(10-8-15)18(20)19-11-17(13(3)4)14(5)6/h7-10,12-14,17H,11H2,1-6H3,(H,19,20). The molecule has 1 rings (SSSR count). The van der Waals surface area contributed by atoms with Crippen molar-refractivity contribution in [1.29, 1.82) is 0 Å². The Labute approximate surface area is 124 Å². The van der Waals surface area contributed by atoms with Gasteiger partial charge in [0.05, 0.1) is 0 Å². The van der Waals surface area contributed by atoms with Crippen molar-refractivity contribution in [1.82, 2.24) is 5.32 Å². The molecule has 0 bridgehead atoms. The lowest BCUT2D eigenvalue weighted by Gasteiger charge is -2.25. The third kappa shape index (κ3) is 4.66. The Balaban J connectivity index is 2.62. The predicted molar refractivity (Wildman–Crippen MR) is 86.0 cm³/mol. The molecule has 1 aromatic carbocycles. The molecule has 0 heterocycles. The molecule has 20 heavy (non-hydrogen) atoms. The summed E-state index contributed by atoms with van der Waals surface area (Å²) in [5.74, 6) is 2.22. The van der Waals surface area contributed by atoms with Crippen LogP contribution in [0.1, 0.15) is 63.4 Å². The molecular weight excluding hydrogens is 246 g/mol. The summed E-state index contributed by atoms with van der Waals surface area (Å²) in [5.41, 5.74) is 2.02. The maximum atomic E-state index is 12.2. The summed E-state index contributed by atoms with van der Waals surface area (Å²) in [4.78, 5) is 12.2. The maximum absolute atomic E-state index is 12.2. The molecule has 1 amide bonds. The van der Waals surface area contributed by atoms with Crippen molar-refractivity contribution in [2.24, 2.45) is 17.8 Å². The van der Waals surface area contributed by atoms with E-state index in [0.717, 1.165) is 12.1 Å². The number of hydrogen-bond acceptors (Lipinski definition) is 1. The number of benzene rings is 1. The minimum absolute atomic E-state index is 0.0339. The second-order valence-corrected chi connectivity index (χ2v) is 6.64.